The van der Waals surface area contributed by atoms with Crippen molar-refractivity contribution in [3.05, 3.63) is 0 Å². The number of amides is 2. The minimum absolute atomic E-state index is 0.138. The van der Waals surface area contributed by atoms with Gasteiger partial charge in [0.2, 0.25) is 5.91 Å². The minimum Gasteiger partial charge on any atom is -0.450 e. The molecule has 0 bridgehead atoms. The van der Waals surface area contributed by atoms with Crippen LogP contribution in [-0.4, -0.2) is 78.1 Å². The molecule has 29 heavy (non-hydrogen) atoms. The highest BCUT2D eigenvalue weighted by Crippen LogP contribution is 2.51. The van der Waals surface area contributed by atoms with Gasteiger partial charge in [-0.25, -0.2) is 4.79 Å². The molecule has 2 amide bonds. The molecule has 0 aromatic carbocycles. The first-order chi connectivity index (χ1) is 13.9. The Morgan fingerprint density at radius 3 is 2.52 bits per heavy atom. The van der Waals surface area contributed by atoms with Crippen LogP contribution in [0, 0.1) is 17.3 Å². The second kappa shape index (κ2) is 8.44. The highest BCUT2D eigenvalue weighted by Gasteiger charge is 2.51. The molecule has 1 saturated carbocycles. The molecule has 0 radical (unpaired) electrons. The van der Waals surface area contributed by atoms with Crippen LogP contribution in [-0.2, 0) is 9.53 Å². The van der Waals surface area contributed by atoms with E-state index in [9.17, 15) is 9.59 Å². The normalized spacial score (nSPS) is 34.1. The zero-order chi connectivity index (χ0) is 20.6. The first-order valence-corrected chi connectivity index (χ1v) is 11.9. The third kappa shape index (κ3) is 4.14. The average molecular weight is 406 g/mol. The monoisotopic (exact) mass is 405 g/mol. The first-order valence-electron chi connectivity index (χ1n) is 11.9. The first kappa shape index (κ1) is 21.0. The quantitative estimate of drug-likeness (QED) is 0.720. The summed E-state index contributed by atoms with van der Waals surface area (Å²) in [5.74, 6) is 1.24. The fourth-order valence-electron chi connectivity index (χ4n) is 6.40. The molecule has 0 aromatic rings. The Hall–Kier alpha value is -1.30. The van der Waals surface area contributed by atoms with E-state index >= 15 is 0 Å². The lowest BCUT2D eigenvalue weighted by atomic mass is 9.64. The molecule has 4 aliphatic rings. The molecule has 1 atom stereocenters. The van der Waals surface area contributed by atoms with Crippen LogP contribution < -0.4 is 0 Å². The van der Waals surface area contributed by atoms with Crippen molar-refractivity contribution in [2.75, 3.05) is 39.3 Å². The summed E-state index contributed by atoms with van der Waals surface area (Å²) in [7, 11) is 0. The largest absolute Gasteiger partial charge is 0.450 e. The predicted molar refractivity (Wildman–Crippen MR) is 113 cm³/mol. The number of carbonyl (C=O) groups is 2. The van der Waals surface area contributed by atoms with E-state index in [0.717, 1.165) is 52.0 Å². The fourth-order valence-corrected chi connectivity index (χ4v) is 6.40. The fraction of sp³-hybridized carbons (Fsp3) is 0.913. The Bertz CT molecular complexity index is 608. The second-order valence-corrected chi connectivity index (χ2v) is 10.2. The summed E-state index contributed by atoms with van der Waals surface area (Å²) in [5.41, 5.74) is 0.339. The Morgan fingerprint density at radius 2 is 1.86 bits per heavy atom. The van der Waals surface area contributed by atoms with Crippen LogP contribution >= 0.6 is 0 Å². The third-order valence-corrected chi connectivity index (χ3v) is 8.10. The van der Waals surface area contributed by atoms with Crippen molar-refractivity contribution in [1.29, 1.82) is 0 Å². The Balaban J connectivity index is 1.23. The lowest BCUT2D eigenvalue weighted by Crippen LogP contribution is -2.55. The molecule has 0 N–H and O–H groups in total. The molecule has 164 valence electrons. The summed E-state index contributed by atoms with van der Waals surface area (Å²) in [6, 6.07) is 1.00. The second-order valence-electron chi connectivity index (χ2n) is 10.2. The Kier molecular flexibility index (Phi) is 6.10. The minimum atomic E-state index is -0.138. The van der Waals surface area contributed by atoms with E-state index in [0.29, 0.717) is 35.9 Å². The van der Waals surface area contributed by atoms with Crippen molar-refractivity contribution < 1.29 is 14.3 Å². The van der Waals surface area contributed by atoms with Gasteiger partial charge in [0.1, 0.15) is 0 Å². The lowest BCUT2D eigenvalue weighted by molar-refractivity contribution is -0.143. The zero-order valence-corrected chi connectivity index (χ0v) is 18.6. The SMILES string of the molecule is CCOC(=O)N1CCC2(CC(N3CCC(C4CCCN(C(C)C)C4=O)CC3)C2)C1. The van der Waals surface area contributed by atoms with E-state index in [1.807, 2.05) is 11.8 Å². The van der Waals surface area contributed by atoms with Crippen molar-refractivity contribution in [1.82, 2.24) is 14.7 Å². The Morgan fingerprint density at radius 1 is 1.14 bits per heavy atom. The molecule has 1 unspecified atom stereocenters. The van der Waals surface area contributed by atoms with E-state index in [1.54, 1.807) is 0 Å². The van der Waals surface area contributed by atoms with E-state index in [-0.39, 0.29) is 12.0 Å². The molecule has 3 heterocycles. The van der Waals surface area contributed by atoms with E-state index in [2.05, 4.69) is 23.6 Å². The summed E-state index contributed by atoms with van der Waals surface area (Å²) in [5, 5.41) is 0. The standard InChI is InChI=1S/C23H39N3O3/c1-4-29-22(28)25-13-9-23(16-25)14-19(15-23)24-11-7-18(8-12-24)20-6-5-10-26(17(2)3)21(20)27/h17-20H,4-16H2,1-3H3. The maximum absolute atomic E-state index is 12.9. The van der Waals surface area contributed by atoms with Gasteiger partial charge in [-0.3, -0.25) is 4.79 Å². The van der Waals surface area contributed by atoms with Crippen molar-refractivity contribution in [3.63, 3.8) is 0 Å². The molecule has 4 rings (SSSR count). The highest BCUT2D eigenvalue weighted by molar-refractivity contribution is 5.80. The molecule has 6 heteroatoms. The molecular formula is C23H39N3O3. The van der Waals surface area contributed by atoms with Crippen LogP contribution in [0.4, 0.5) is 4.79 Å². The van der Waals surface area contributed by atoms with Gasteiger partial charge in [-0.1, -0.05) is 0 Å². The van der Waals surface area contributed by atoms with Crippen LogP contribution in [0.1, 0.15) is 65.7 Å². The van der Waals surface area contributed by atoms with Gasteiger partial charge in [0.05, 0.1) is 6.61 Å². The van der Waals surface area contributed by atoms with Gasteiger partial charge in [0.15, 0.2) is 0 Å². The van der Waals surface area contributed by atoms with E-state index < -0.39 is 0 Å². The Labute approximate surface area is 175 Å². The van der Waals surface area contributed by atoms with Gasteiger partial charge in [-0.05, 0) is 90.1 Å². The van der Waals surface area contributed by atoms with Gasteiger partial charge in [-0.2, -0.15) is 0 Å². The summed E-state index contributed by atoms with van der Waals surface area (Å²) in [4.78, 5) is 31.6. The average Bonchev–Trinajstić information content (AvgIpc) is 3.13. The van der Waals surface area contributed by atoms with Crippen molar-refractivity contribution in [3.8, 4) is 0 Å². The number of carbonyl (C=O) groups excluding carboxylic acids is 2. The van der Waals surface area contributed by atoms with Crippen LogP contribution in [0.5, 0.6) is 0 Å². The third-order valence-electron chi connectivity index (χ3n) is 8.10. The van der Waals surface area contributed by atoms with Gasteiger partial charge in [-0.15, -0.1) is 0 Å². The van der Waals surface area contributed by atoms with Crippen molar-refractivity contribution in [2.45, 2.75) is 77.8 Å². The molecule has 0 aromatic heterocycles. The summed E-state index contributed by atoms with van der Waals surface area (Å²) < 4.78 is 5.18. The molecule has 6 nitrogen and oxygen atoms in total. The maximum Gasteiger partial charge on any atom is 0.409 e. The topological polar surface area (TPSA) is 53.1 Å². The van der Waals surface area contributed by atoms with Gasteiger partial charge >= 0.3 is 6.09 Å². The lowest BCUT2D eigenvalue weighted by Gasteiger charge is -2.52. The van der Waals surface area contributed by atoms with Gasteiger partial charge in [0, 0.05) is 37.6 Å². The number of likely N-dealkylation sites (tertiary alicyclic amines) is 3. The van der Waals surface area contributed by atoms with Crippen LogP contribution in [0.15, 0.2) is 0 Å². The summed E-state index contributed by atoms with van der Waals surface area (Å²) >= 11 is 0. The molecule has 3 aliphatic heterocycles. The molecule has 4 fully saturated rings. The molecular weight excluding hydrogens is 366 g/mol. The van der Waals surface area contributed by atoms with Gasteiger partial charge < -0.3 is 19.4 Å². The molecule has 3 saturated heterocycles. The van der Waals surface area contributed by atoms with Crippen molar-refractivity contribution >= 4 is 12.0 Å². The molecule has 1 aliphatic carbocycles. The predicted octanol–water partition coefficient (Wildman–Crippen LogP) is 3.36. The van der Waals surface area contributed by atoms with E-state index in [4.69, 9.17) is 4.74 Å². The number of ether oxygens (including phenoxy) is 1. The van der Waals surface area contributed by atoms with E-state index in [1.165, 1.54) is 25.7 Å². The number of rotatable bonds is 4. The molecule has 1 spiro atoms. The summed E-state index contributed by atoms with van der Waals surface area (Å²) in [6.07, 6.45) is 8.01. The maximum atomic E-state index is 12.9. The zero-order valence-electron chi connectivity index (χ0n) is 18.6. The number of nitrogens with zero attached hydrogens (tertiary/aromatic N) is 3. The number of hydrogen-bond acceptors (Lipinski definition) is 4. The number of hydrogen-bond donors (Lipinski definition) is 0. The van der Waals surface area contributed by atoms with Crippen LogP contribution in [0.2, 0.25) is 0 Å². The number of piperidine rings is 2. The van der Waals surface area contributed by atoms with Crippen LogP contribution in [0.3, 0.4) is 0 Å². The van der Waals surface area contributed by atoms with Crippen LogP contribution in [0.25, 0.3) is 0 Å². The summed E-state index contributed by atoms with van der Waals surface area (Å²) in [6.45, 7) is 11.6. The van der Waals surface area contributed by atoms with Crippen molar-refractivity contribution in [2.24, 2.45) is 17.3 Å². The smallest absolute Gasteiger partial charge is 0.409 e. The highest BCUT2D eigenvalue weighted by atomic mass is 16.6. The van der Waals surface area contributed by atoms with Gasteiger partial charge in [0.25, 0.3) is 0 Å².